The molecule has 1 heterocycles. The predicted molar refractivity (Wildman–Crippen MR) is 67.5 cm³/mol. The van der Waals surface area contributed by atoms with E-state index in [-0.39, 0.29) is 5.82 Å². The van der Waals surface area contributed by atoms with Crippen molar-refractivity contribution in [2.75, 3.05) is 0 Å². The van der Waals surface area contributed by atoms with Crippen molar-refractivity contribution in [2.45, 2.75) is 38.0 Å². The summed E-state index contributed by atoms with van der Waals surface area (Å²) in [4.78, 5) is 4.31. The van der Waals surface area contributed by atoms with Crippen LogP contribution in [-0.2, 0) is 0 Å². The maximum absolute atomic E-state index is 13.4. The molecule has 1 nitrogen and oxygen atoms in total. The summed E-state index contributed by atoms with van der Waals surface area (Å²) in [5, 5.41) is 0.999. The highest BCUT2D eigenvalue weighted by Gasteiger charge is 2.17. The topological polar surface area (TPSA) is 12.9 Å². The Morgan fingerprint density at radius 1 is 1.06 bits per heavy atom. The highest BCUT2D eigenvalue weighted by atomic mass is 19.1. The lowest BCUT2D eigenvalue weighted by Gasteiger charge is -2.23. The molecule has 0 atom stereocenters. The fourth-order valence-electron chi connectivity index (χ4n) is 2.91. The summed E-state index contributed by atoms with van der Waals surface area (Å²) in [6.45, 7) is 0. The SMILES string of the molecule is Fc1ccc2nccc(C3CCCCC3)c2c1. The Bertz CT molecular complexity index is 529. The minimum atomic E-state index is -0.164. The van der Waals surface area contributed by atoms with Gasteiger partial charge in [0.15, 0.2) is 0 Å². The van der Waals surface area contributed by atoms with Gasteiger partial charge in [-0.2, -0.15) is 0 Å². The van der Waals surface area contributed by atoms with Crippen LogP contribution in [0.4, 0.5) is 4.39 Å². The van der Waals surface area contributed by atoms with Gasteiger partial charge in [-0.25, -0.2) is 4.39 Å². The van der Waals surface area contributed by atoms with Crippen LogP contribution < -0.4 is 0 Å². The van der Waals surface area contributed by atoms with Crippen molar-refractivity contribution < 1.29 is 4.39 Å². The van der Waals surface area contributed by atoms with E-state index in [0.29, 0.717) is 5.92 Å². The molecule has 0 bridgehead atoms. The second-order valence-electron chi connectivity index (χ2n) is 4.90. The van der Waals surface area contributed by atoms with E-state index in [1.807, 2.05) is 6.20 Å². The van der Waals surface area contributed by atoms with Crippen molar-refractivity contribution in [1.82, 2.24) is 4.98 Å². The quantitative estimate of drug-likeness (QED) is 0.705. The molecule has 0 unspecified atom stereocenters. The highest BCUT2D eigenvalue weighted by Crippen LogP contribution is 2.35. The summed E-state index contributed by atoms with van der Waals surface area (Å²) in [5.41, 5.74) is 2.20. The van der Waals surface area contributed by atoms with Gasteiger partial charge >= 0.3 is 0 Å². The zero-order valence-electron chi connectivity index (χ0n) is 9.82. The number of rotatable bonds is 1. The standard InChI is InChI=1S/C15H16FN/c16-12-6-7-15-14(10-12)13(8-9-17-15)11-4-2-1-3-5-11/h6-11H,1-5H2. The van der Waals surface area contributed by atoms with Gasteiger partial charge in [-0.3, -0.25) is 4.98 Å². The average molecular weight is 229 g/mol. The number of nitrogens with zero attached hydrogens (tertiary/aromatic N) is 1. The highest BCUT2D eigenvalue weighted by molar-refractivity contribution is 5.82. The Balaban J connectivity index is 2.11. The molecule has 1 aliphatic carbocycles. The van der Waals surface area contributed by atoms with Gasteiger partial charge in [0.25, 0.3) is 0 Å². The zero-order chi connectivity index (χ0) is 11.7. The molecule has 1 saturated carbocycles. The van der Waals surface area contributed by atoms with Crippen molar-refractivity contribution >= 4 is 10.9 Å². The first kappa shape index (κ1) is 10.7. The van der Waals surface area contributed by atoms with Crippen LogP contribution in [0.25, 0.3) is 10.9 Å². The monoisotopic (exact) mass is 229 g/mol. The van der Waals surface area contributed by atoms with E-state index in [9.17, 15) is 4.39 Å². The lowest BCUT2D eigenvalue weighted by atomic mass is 9.83. The molecule has 1 aromatic heterocycles. The molecule has 3 rings (SSSR count). The first-order chi connectivity index (χ1) is 8.34. The lowest BCUT2D eigenvalue weighted by Crippen LogP contribution is -2.05. The van der Waals surface area contributed by atoms with Crippen molar-refractivity contribution in [1.29, 1.82) is 0 Å². The Kier molecular flexibility index (Phi) is 2.79. The number of benzene rings is 1. The van der Waals surface area contributed by atoms with Crippen molar-refractivity contribution in [3.63, 3.8) is 0 Å². The zero-order valence-corrected chi connectivity index (χ0v) is 9.82. The van der Waals surface area contributed by atoms with E-state index in [1.165, 1.54) is 43.7 Å². The number of hydrogen-bond donors (Lipinski definition) is 0. The third kappa shape index (κ3) is 2.04. The normalized spacial score (nSPS) is 17.5. The Labute approximate surface area is 101 Å². The van der Waals surface area contributed by atoms with Crippen LogP contribution >= 0.6 is 0 Å². The minimum Gasteiger partial charge on any atom is -0.256 e. The first-order valence-electron chi connectivity index (χ1n) is 6.39. The lowest BCUT2D eigenvalue weighted by molar-refractivity contribution is 0.445. The number of aromatic nitrogens is 1. The van der Waals surface area contributed by atoms with Gasteiger partial charge in [0.05, 0.1) is 5.52 Å². The van der Waals surface area contributed by atoms with E-state index >= 15 is 0 Å². The summed E-state index contributed by atoms with van der Waals surface area (Å²) in [7, 11) is 0. The van der Waals surface area contributed by atoms with Crippen LogP contribution in [0.1, 0.15) is 43.6 Å². The predicted octanol–water partition coefficient (Wildman–Crippen LogP) is 4.42. The average Bonchev–Trinajstić information content (AvgIpc) is 2.39. The molecular weight excluding hydrogens is 213 g/mol. The summed E-state index contributed by atoms with van der Waals surface area (Å²) in [6, 6.07) is 6.96. The van der Waals surface area contributed by atoms with E-state index in [4.69, 9.17) is 0 Å². The second kappa shape index (κ2) is 4.44. The maximum atomic E-state index is 13.4. The largest absolute Gasteiger partial charge is 0.256 e. The van der Waals surface area contributed by atoms with Gasteiger partial charge in [0, 0.05) is 11.6 Å². The van der Waals surface area contributed by atoms with Gasteiger partial charge < -0.3 is 0 Å². The summed E-state index contributed by atoms with van der Waals surface area (Å²) in [6.07, 6.45) is 8.25. The second-order valence-corrected chi connectivity index (χ2v) is 4.90. The first-order valence-corrected chi connectivity index (χ1v) is 6.39. The van der Waals surface area contributed by atoms with Crippen molar-refractivity contribution in [3.8, 4) is 0 Å². The molecule has 2 aromatic rings. The van der Waals surface area contributed by atoms with E-state index < -0.39 is 0 Å². The maximum Gasteiger partial charge on any atom is 0.123 e. The molecule has 0 radical (unpaired) electrons. The molecule has 1 aromatic carbocycles. The summed E-state index contributed by atoms with van der Waals surface area (Å²) >= 11 is 0. The fraction of sp³-hybridized carbons (Fsp3) is 0.400. The summed E-state index contributed by atoms with van der Waals surface area (Å²) < 4.78 is 13.4. The van der Waals surface area contributed by atoms with Gasteiger partial charge in [0.1, 0.15) is 5.82 Å². The minimum absolute atomic E-state index is 0.164. The van der Waals surface area contributed by atoms with E-state index in [2.05, 4.69) is 11.1 Å². The number of halogens is 1. The molecular formula is C15H16FN. The van der Waals surface area contributed by atoms with Crippen LogP contribution in [0, 0.1) is 5.82 Å². The van der Waals surface area contributed by atoms with Gasteiger partial charge in [-0.05, 0) is 48.6 Å². The summed E-state index contributed by atoms with van der Waals surface area (Å²) in [5.74, 6) is 0.429. The molecule has 0 N–H and O–H groups in total. The molecule has 1 aliphatic rings. The molecule has 0 spiro atoms. The number of fused-ring (bicyclic) bond motifs is 1. The number of hydrogen-bond acceptors (Lipinski definition) is 1. The van der Waals surface area contributed by atoms with E-state index in [1.54, 1.807) is 12.1 Å². The van der Waals surface area contributed by atoms with Gasteiger partial charge in [-0.15, -0.1) is 0 Å². The Morgan fingerprint density at radius 2 is 1.88 bits per heavy atom. The molecule has 0 aliphatic heterocycles. The fourth-order valence-corrected chi connectivity index (χ4v) is 2.91. The van der Waals surface area contributed by atoms with Crippen molar-refractivity contribution in [3.05, 3.63) is 41.8 Å². The smallest absolute Gasteiger partial charge is 0.123 e. The molecule has 88 valence electrons. The molecule has 1 fully saturated rings. The Morgan fingerprint density at radius 3 is 2.71 bits per heavy atom. The molecule has 2 heteroatoms. The van der Waals surface area contributed by atoms with Crippen LogP contribution in [0.5, 0.6) is 0 Å². The number of pyridine rings is 1. The van der Waals surface area contributed by atoms with Gasteiger partial charge in [0.2, 0.25) is 0 Å². The third-order valence-electron chi connectivity index (χ3n) is 3.78. The van der Waals surface area contributed by atoms with Crippen LogP contribution in [0.15, 0.2) is 30.5 Å². The molecule has 0 saturated heterocycles. The van der Waals surface area contributed by atoms with Crippen LogP contribution in [0.2, 0.25) is 0 Å². The van der Waals surface area contributed by atoms with Crippen molar-refractivity contribution in [2.24, 2.45) is 0 Å². The molecule has 0 amide bonds. The van der Waals surface area contributed by atoms with Crippen LogP contribution in [0.3, 0.4) is 0 Å². The van der Waals surface area contributed by atoms with Gasteiger partial charge in [-0.1, -0.05) is 19.3 Å². The third-order valence-corrected chi connectivity index (χ3v) is 3.78. The molecule has 17 heavy (non-hydrogen) atoms. The van der Waals surface area contributed by atoms with Crippen LogP contribution in [-0.4, -0.2) is 4.98 Å². The van der Waals surface area contributed by atoms with E-state index in [0.717, 1.165) is 10.9 Å². The Hall–Kier alpha value is -1.44.